The van der Waals surface area contributed by atoms with E-state index in [4.69, 9.17) is 25.8 Å². The molecule has 1 saturated carbocycles. The van der Waals surface area contributed by atoms with Gasteiger partial charge < -0.3 is 14.2 Å². The molecule has 0 amide bonds. The van der Waals surface area contributed by atoms with Crippen LogP contribution in [-0.4, -0.2) is 25.2 Å². The van der Waals surface area contributed by atoms with Crippen molar-refractivity contribution in [1.29, 1.82) is 0 Å². The van der Waals surface area contributed by atoms with Crippen molar-refractivity contribution in [1.82, 2.24) is 0 Å². The Labute approximate surface area is 246 Å². The van der Waals surface area contributed by atoms with Crippen LogP contribution in [-0.2, 0) is 32.2 Å². The molecule has 0 N–H and O–H groups in total. The Morgan fingerprint density at radius 3 is 1.90 bits per heavy atom. The van der Waals surface area contributed by atoms with E-state index in [0.717, 1.165) is 22.3 Å². The van der Waals surface area contributed by atoms with Gasteiger partial charge in [-0.05, 0) is 53.1 Å². The predicted molar refractivity (Wildman–Crippen MR) is 159 cm³/mol. The molecule has 1 fully saturated rings. The molecule has 0 aliphatic heterocycles. The fourth-order valence-electron chi connectivity index (χ4n) is 5.42. The summed E-state index contributed by atoms with van der Waals surface area (Å²) in [6.45, 7) is 1.04. The lowest BCUT2D eigenvalue weighted by Gasteiger charge is -2.23. The molecule has 3 unspecified atom stereocenters. The number of hydrogen-bond donors (Lipinski definition) is 0. The zero-order valence-corrected chi connectivity index (χ0v) is 23.5. The first-order valence-electron chi connectivity index (χ1n) is 13.9. The van der Waals surface area contributed by atoms with Crippen molar-refractivity contribution in [3.63, 3.8) is 0 Å². The molecule has 1 aliphatic carbocycles. The highest BCUT2D eigenvalue weighted by Gasteiger charge is 2.45. The highest BCUT2D eigenvalue weighted by molar-refractivity contribution is 6.30. The van der Waals surface area contributed by atoms with Gasteiger partial charge in [0.05, 0.1) is 19.1 Å². The van der Waals surface area contributed by atoms with Crippen LogP contribution in [0.1, 0.15) is 34.3 Å². The lowest BCUT2D eigenvalue weighted by molar-refractivity contribution is -0.154. The van der Waals surface area contributed by atoms with Crippen LogP contribution in [0.5, 0.6) is 0 Å². The van der Waals surface area contributed by atoms with Crippen molar-refractivity contribution in [3.8, 4) is 11.1 Å². The van der Waals surface area contributed by atoms with Gasteiger partial charge in [0.2, 0.25) is 0 Å². The van der Waals surface area contributed by atoms with Crippen molar-refractivity contribution in [2.75, 3.05) is 13.4 Å². The number of ether oxygens (including phenoxy) is 3. The molecule has 5 rings (SSSR count). The summed E-state index contributed by atoms with van der Waals surface area (Å²) in [5, 5.41) is 0.674. The van der Waals surface area contributed by atoms with Gasteiger partial charge in [0.1, 0.15) is 13.4 Å². The van der Waals surface area contributed by atoms with E-state index in [2.05, 4.69) is 0 Å². The van der Waals surface area contributed by atoms with Crippen LogP contribution in [0, 0.1) is 17.8 Å². The number of hydrogen-bond acceptors (Lipinski definition) is 5. The molecule has 0 saturated heterocycles. The standard InChI is InChI=1S/C35H33ClO5/c36-31-18-15-28(16-19-31)27-11-13-29(14-12-27)34(37)32-20-17-30(23-40-24-39-21-25-7-3-1-4-8-25)33(32)35(38)41-22-26-9-5-2-6-10-26/h1-16,18-19,30,32-33H,17,20-24H2. The molecule has 5 nitrogen and oxygen atoms in total. The molecule has 210 valence electrons. The third-order valence-electron chi connectivity index (χ3n) is 7.58. The van der Waals surface area contributed by atoms with Crippen molar-refractivity contribution in [2.24, 2.45) is 17.8 Å². The van der Waals surface area contributed by atoms with Crippen molar-refractivity contribution >= 4 is 23.4 Å². The zero-order chi connectivity index (χ0) is 28.4. The summed E-state index contributed by atoms with van der Waals surface area (Å²) in [5.74, 6) is -1.60. The molecule has 6 heteroatoms. The monoisotopic (exact) mass is 568 g/mol. The average molecular weight is 569 g/mol. The SMILES string of the molecule is O=C(c1ccc(-c2ccc(Cl)cc2)cc1)C1CCC(COCOCc2ccccc2)C1C(=O)OCc1ccccc1. The minimum atomic E-state index is -0.587. The van der Waals surface area contributed by atoms with Gasteiger partial charge in [0.25, 0.3) is 0 Å². The number of rotatable bonds is 12. The van der Waals surface area contributed by atoms with E-state index in [1.54, 1.807) is 0 Å². The zero-order valence-electron chi connectivity index (χ0n) is 22.8. The molecule has 4 aromatic carbocycles. The Bertz CT molecular complexity index is 1400. The minimum absolute atomic E-state index is 0.0443. The first kappa shape index (κ1) is 28.7. The lowest BCUT2D eigenvalue weighted by atomic mass is 9.84. The first-order chi connectivity index (χ1) is 20.1. The number of carbonyl (C=O) groups is 2. The fourth-order valence-corrected chi connectivity index (χ4v) is 5.55. The van der Waals surface area contributed by atoms with Crippen molar-refractivity contribution < 1.29 is 23.8 Å². The maximum Gasteiger partial charge on any atom is 0.310 e. The largest absolute Gasteiger partial charge is 0.461 e. The Morgan fingerprint density at radius 2 is 1.27 bits per heavy atom. The second-order valence-corrected chi connectivity index (χ2v) is 10.8. The third-order valence-corrected chi connectivity index (χ3v) is 7.83. The number of Topliss-reactive ketones (excluding diaryl/α,β-unsaturated/α-hetero) is 1. The number of benzene rings is 4. The number of esters is 1. The van der Waals surface area contributed by atoms with Gasteiger partial charge in [0, 0.05) is 16.5 Å². The quantitative estimate of drug-likeness (QED) is 0.0756. The molecule has 0 aromatic heterocycles. The summed E-state index contributed by atoms with van der Waals surface area (Å²) in [6.07, 6.45) is 1.30. The Kier molecular flexibility index (Phi) is 9.97. The second kappa shape index (κ2) is 14.2. The minimum Gasteiger partial charge on any atom is -0.461 e. The maximum absolute atomic E-state index is 13.7. The van der Waals surface area contributed by atoms with E-state index in [0.29, 0.717) is 36.6 Å². The average Bonchev–Trinajstić information content (AvgIpc) is 3.45. The number of halogens is 1. The van der Waals surface area contributed by atoms with E-state index in [9.17, 15) is 9.59 Å². The van der Waals surface area contributed by atoms with Gasteiger partial charge in [0.15, 0.2) is 5.78 Å². The third kappa shape index (κ3) is 7.70. The Hall–Kier alpha value is -3.77. The van der Waals surface area contributed by atoms with Crippen LogP contribution in [0.15, 0.2) is 109 Å². The summed E-state index contributed by atoms with van der Waals surface area (Å²) in [6, 6.07) is 34.5. The molecule has 3 atom stereocenters. The molecule has 0 bridgehead atoms. The summed E-state index contributed by atoms with van der Waals surface area (Å²) in [7, 11) is 0. The van der Waals surface area contributed by atoms with E-state index < -0.39 is 11.8 Å². The summed E-state index contributed by atoms with van der Waals surface area (Å²) in [5.41, 5.74) is 4.56. The van der Waals surface area contributed by atoms with Gasteiger partial charge in [-0.1, -0.05) is 109 Å². The van der Waals surface area contributed by atoms with Gasteiger partial charge >= 0.3 is 5.97 Å². The molecule has 4 aromatic rings. The van der Waals surface area contributed by atoms with Gasteiger partial charge in [-0.3, -0.25) is 9.59 Å². The van der Waals surface area contributed by atoms with Crippen LogP contribution >= 0.6 is 11.6 Å². The summed E-state index contributed by atoms with van der Waals surface area (Å²) < 4.78 is 17.2. The van der Waals surface area contributed by atoms with Crippen LogP contribution < -0.4 is 0 Å². The topological polar surface area (TPSA) is 61.8 Å². The molecule has 1 aliphatic rings. The highest BCUT2D eigenvalue weighted by Crippen LogP contribution is 2.40. The summed E-state index contributed by atoms with van der Waals surface area (Å²) >= 11 is 6.02. The molecule has 0 spiro atoms. The van der Waals surface area contributed by atoms with Crippen LogP contribution in [0.3, 0.4) is 0 Å². The van der Waals surface area contributed by atoms with E-state index >= 15 is 0 Å². The molecule has 0 radical (unpaired) electrons. The second-order valence-electron chi connectivity index (χ2n) is 10.3. The smallest absolute Gasteiger partial charge is 0.310 e. The molecular weight excluding hydrogens is 536 g/mol. The first-order valence-corrected chi connectivity index (χ1v) is 14.3. The van der Waals surface area contributed by atoms with Gasteiger partial charge in [-0.2, -0.15) is 0 Å². The fraction of sp³-hybridized carbons (Fsp3) is 0.257. The van der Waals surface area contributed by atoms with Crippen LogP contribution in [0.25, 0.3) is 11.1 Å². The molecule has 41 heavy (non-hydrogen) atoms. The molecule has 0 heterocycles. The van der Waals surface area contributed by atoms with E-state index in [1.165, 1.54) is 0 Å². The van der Waals surface area contributed by atoms with E-state index in [1.807, 2.05) is 109 Å². The number of ketones is 1. The predicted octanol–water partition coefficient (Wildman–Crippen LogP) is 7.77. The van der Waals surface area contributed by atoms with Crippen molar-refractivity contribution in [2.45, 2.75) is 26.1 Å². The van der Waals surface area contributed by atoms with E-state index in [-0.39, 0.29) is 31.1 Å². The van der Waals surface area contributed by atoms with Gasteiger partial charge in [-0.15, -0.1) is 0 Å². The normalized spacial score (nSPS) is 18.2. The van der Waals surface area contributed by atoms with Crippen molar-refractivity contribution in [3.05, 3.63) is 131 Å². The Balaban J connectivity index is 1.24. The Morgan fingerprint density at radius 1 is 0.683 bits per heavy atom. The summed E-state index contributed by atoms with van der Waals surface area (Å²) in [4.78, 5) is 27.2. The van der Waals surface area contributed by atoms with Crippen LogP contribution in [0.2, 0.25) is 5.02 Å². The number of carbonyl (C=O) groups excluding carboxylic acids is 2. The maximum atomic E-state index is 13.7. The highest BCUT2D eigenvalue weighted by atomic mass is 35.5. The molecular formula is C35H33ClO5. The van der Waals surface area contributed by atoms with Gasteiger partial charge in [-0.25, -0.2) is 0 Å². The van der Waals surface area contributed by atoms with Crippen LogP contribution in [0.4, 0.5) is 0 Å². The lowest BCUT2D eigenvalue weighted by Crippen LogP contribution is -2.33.